The van der Waals surface area contributed by atoms with Gasteiger partial charge in [0.1, 0.15) is 17.1 Å². The Morgan fingerprint density at radius 2 is 1.76 bits per heavy atom. The summed E-state index contributed by atoms with van der Waals surface area (Å²) in [5.74, 6) is 0.978. The van der Waals surface area contributed by atoms with Crippen LogP contribution in [0, 0.1) is 5.82 Å². The zero-order valence-electron chi connectivity index (χ0n) is 22.3. The van der Waals surface area contributed by atoms with Crippen molar-refractivity contribution in [2.45, 2.75) is 6.54 Å². The highest BCUT2D eigenvalue weighted by atomic mass is 35.5. The van der Waals surface area contributed by atoms with E-state index in [2.05, 4.69) is 20.3 Å². The molecule has 0 bridgehead atoms. The Labute approximate surface area is 241 Å². The van der Waals surface area contributed by atoms with Crippen LogP contribution in [0.5, 0.6) is 5.75 Å². The number of ketones is 1. The van der Waals surface area contributed by atoms with Crippen LogP contribution in [0.1, 0.15) is 21.5 Å². The van der Waals surface area contributed by atoms with E-state index in [1.54, 1.807) is 25.3 Å². The van der Waals surface area contributed by atoms with Gasteiger partial charge in [0, 0.05) is 60.1 Å². The van der Waals surface area contributed by atoms with E-state index in [1.807, 2.05) is 42.5 Å². The lowest BCUT2D eigenvalue weighted by Crippen LogP contribution is -2.46. The molecule has 0 spiro atoms. The molecule has 1 N–H and O–H groups in total. The first-order valence-electron chi connectivity index (χ1n) is 13.4. The lowest BCUT2D eigenvalue weighted by Gasteiger charge is -2.36. The Kier molecular flexibility index (Phi) is 6.37. The Morgan fingerprint density at radius 1 is 1.00 bits per heavy atom. The SMILES string of the molecule is COc1ccc(Cl)cc1CN1CCN(c2cc(Nc3ccc(F)cc3)c3c4c(onc24)-c2ccccc2C3=O)CC1. The fourth-order valence-electron chi connectivity index (χ4n) is 5.83. The van der Waals surface area contributed by atoms with E-state index >= 15 is 0 Å². The topological polar surface area (TPSA) is 70.8 Å². The number of aromatic nitrogens is 1. The first-order valence-corrected chi connectivity index (χ1v) is 13.8. The summed E-state index contributed by atoms with van der Waals surface area (Å²) in [6.07, 6.45) is 0. The van der Waals surface area contributed by atoms with E-state index in [1.165, 1.54) is 12.1 Å². The first-order chi connectivity index (χ1) is 20.0. The van der Waals surface area contributed by atoms with E-state index in [0.29, 0.717) is 44.2 Å². The van der Waals surface area contributed by atoms with Crippen molar-refractivity contribution in [3.05, 3.63) is 100 Å². The van der Waals surface area contributed by atoms with Crippen LogP contribution in [-0.2, 0) is 6.54 Å². The number of anilines is 3. The summed E-state index contributed by atoms with van der Waals surface area (Å²) >= 11 is 6.26. The number of hydrogen-bond acceptors (Lipinski definition) is 7. The number of nitrogens with zero attached hydrogens (tertiary/aromatic N) is 3. The van der Waals surface area contributed by atoms with Gasteiger partial charge in [0.25, 0.3) is 0 Å². The molecular weight excluding hydrogens is 543 g/mol. The van der Waals surface area contributed by atoms with Gasteiger partial charge in [-0.15, -0.1) is 0 Å². The number of halogens is 2. The molecule has 1 saturated heterocycles. The largest absolute Gasteiger partial charge is 0.496 e. The summed E-state index contributed by atoms with van der Waals surface area (Å²) in [5.41, 5.74) is 5.71. The molecule has 2 heterocycles. The summed E-state index contributed by atoms with van der Waals surface area (Å²) in [6.45, 7) is 3.85. The maximum absolute atomic E-state index is 13.8. The monoisotopic (exact) mass is 568 g/mol. The van der Waals surface area contributed by atoms with Crippen LogP contribution < -0.4 is 15.0 Å². The number of ether oxygens (including phenoxy) is 1. The van der Waals surface area contributed by atoms with Gasteiger partial charge in [-0.1, -0.05) is 41.0 Å². The third-order valence-corrected chi connectivity index (χ3v) is 8.09. The third-order valence-electron chi connectivity index (χ3n) is 7.85. The highest BCUT2D eigenvalue weighted by Crippen LogP contribution is 2.46. The molecule has 41 heavy (non-hydrogen) atoms. The number of fused-ring (bicyclic) bond motifs is 2. The van der Waals surface area contributed by atoms with E-state index in [9.17, 15) is 9.18 Å². The molecule has 4 aromatic carbocycles. The summed E-state index contributed by atoms with van der Waals surface area (Å²) in [5, 5.41) is 9.24. The molecule has 1 aliphatic heterocycles. The smallest absolute Gasteiger partial charge is 0.196 e. The maximum Gasteiger partial charge on any atom is 0.196 e. The van der Waals surface area contributed by atoms with Crippen molar-refractivity contribution in [2.75, 3.05) is 43.5 Å². The van der Waals surface area contributed by atoms with Crippen LogP contribution in [-0.4, -0.2) is 49.1 Å². The third kappa shape index (κ3) is 4.49. The molecule has 5 aromatic rings. The Hall–Kier alpha value is -4.40. The second-order valence-corrected chi connectivity index (χ2v) is 10.7. The number of benzene rings is 4. The minimum Gasteiger partial charge on any atom is -0.496 e. The van der Waals surface area contributed by atoms with Gasteiger partial charge in [-0.05, 0) is 48.5 Å². The van der Waals surface area contributed by atoms with E-state index in [4.69, 9.17) is 20.9 Å². The summed E-state index contributed by atoms with van der Waals surface area (Å²) in [7, 11) is 1.67. The van der Waals surface area contributed by atoms with Crippen molar-refractivity contribution >= 4 is 45.3 Å². The van der Waals surface area contributed by atoms with Gasteiger partial charge in [0.15, 0.2) is 11.5 Å². The standard InChI is InChI=1S/C32H26ClFN4O3/c1-40-27-11-6-20(33)16-19(27)18-37-12-14-38(15-13-37)26-17-25(35-22-9-7-21(34)8-10-22)28-29-30(26)36-41-32(29)24-5-3-2-4-23(24)31(28)39/h2-11,16-17,35H,12-15,18H2,1H3. The molecule has 206 valence electrons. The molecule has 0 unspecified atom stereocenters. The van der Waals surface area contributed by atoms with Gasteiger partial charge in [0.2, 0.25) is 0 Å². The molecule has 7 nitrogen and oxygen atoms in total. The van der Waals surface area contributed by atoms with Gasteiger partial charge in [0.05, 0.1) is 29.4 Å². The van der Waals surface area contributed by atoms with E-state index < -0.39 is 0 Å². The number of piperazine rings is 1. The summed E-state index contributed by atoms with van der Waals surface area (Å²) in [6, 6.07) is 21.2. The Balaban J connectivity index is 1.25. The van der Waals surface area contributed by atoms with E-state index in [0.717, 1.165) is 55.3 Å². The molecule has 1 aliphatic carbocycles. The summed E-state index contributed by atoms with van der Waals surface area (Å²) in [4.78, 5) is 18.5. The zero-order chi connectivity index (χ0) is 28.1. The van der Waals surface area contributed by atoms with Crippen LogP contribution in [0.3, 0.4) is 0 Å². The number of carbonyl (C=O) groups is 1. The predicted molar refractivity (Wildman–Crippen MR) is 158 cm³/mol. The summed E-state index contributed by atoms with van der Waals surface area (Å²) < 4.78 is 25.1. The highest BCUT2D eigenvalue weighted by molar-refractivity contribution is 6.30. The molecule has 0 amide bonds. The molecule has 1 fully saturated rings. The number of rotatable bonds is 6. The van der Waals surface area contributed by atoms with Gasteiger partial charge < -0.3 is 19.5 Å². The van der Waals surface area contributed by atoms with Gasteiger partial charge >= 0.3 is 0 Å². The fraction of sp³-hybridized carbons (Fsp3) is 0.188. The minimum atomic E-state index is -0.326. The Bertz CT molecular complexity index is 1800. The second kappa shape index (κ2) is 10.2. The quantitative estimate of drug-likeness (QED) is 0.234. The van der Waals surface area contributed by atoms with Crippen LogP contribution in [0.4, 0.5) is 21.5 Å². The average molecular weight is 569 g/mol. The molecule has 0 atom stereocenters. The maximum atomic E-state index is 13.8. The van der Waals surface area contributed by atoms with Gasteiger partial charge in [-0.3, -0.25) is 9.69 Å². The molecule has 9 heteroatoms. The molecule has 2 aliphatic rings. The number of carbonyl (C=O) groups excluding carboxylic acids is 1. The predicted octanol–water partition coefficient (Wildman–Crippen LogP) is 6.91. The van der Waals surface area contributed by atoms with Crippen molar-refractivity contribution in [3.63, 3.8) is 0 Å². The number of hydrogen-bond donors (Lipinski definition) is 1. The molecule has 0 radical (unpaired) electrons. The van der Waals surface area contributed by atoms with Crippen LogP contribution in [0.15, 0.2) is 77.3 Å². The van der Waals surface area contributed by atoms with Crippen LogP contribution >= 0.6 is 11.6 Å². The number of nitrogens with one attached hydrogen (secondary N) is 1. The van der Waals surface area contributed by atoms with Gasteiger partial charge in [-0.2, -0.15) is 0 Å². The first kappa shape index (κ1) is 25.6. The van der Waals surface area contributed by atoms with Gasteiger partial charge in [-0.25, -0.2) is 4.39 Å². The molecule has 7 rings (SSSR count). The second-order valence-electron chi connectivity index (χ2n) is 10.3. The van der Waals surface area contributed by atoms with Crippen LogP contribution in [0.2, 0.25) is 5.02 Å². The van der Waals surface area contributed by atoms with Crippen molar-refractivity contribution in [3.8, 4) is 17.1 Å². The van der Waals surface area contributed by atoms with Crippen molar-refractivity contribution in [2.24, 2.45) is 0 Å². The molecule has 0 saturated carbocycles. The van der Waals surface area contributed by atoms with Crippen molar-refractivity contribution in [1.29, 1.82) is 0 Å². The zero-order valence-corrected chi connectivity index (χ0v) is 23.0. The fourth-order valence-corrected chi connectivity index (χ4v) is 6.02. The Morgan fingerprint density at radius 3 is 2.51 bits per heavy atom. The number of methoxy groups -OCH3 is 1. The lowest BCUT2D eigenvalue weighted by molar-refractivity contribution is 0.104. The minimum absolute atomic E-state index is 0.0993. The molecule has 1 aromatic heterocycles. The average Bonchev–Trinajstić information content (AvgIpc) is 3.43. The van der Waals surface area contributed by atoms with Crippen LogP contribution in [0.25, 0.3) is 22.2 Å². The lowest BCUT2D eigenvalue weighted by atomic mass is 9.86. The van der Waals surface area contributed by atoms with Crippen molar-refractivity contribution < 1.29 is 18.4 Å². The van der Waals surface area contributed by atoms with Crippen molar-refractivity contribution in [1.82, 2.24) is 10.1 Å². The normalized spacial score (nSPS) is 14.8. The molecular formula is C32H26ClFN4O3. The van der Waals surface area contributed by atoms with E-state index in [-0.39, 0.29) is 11.6 Å². The highest BCUT2D eigenvalue weighted by Gasteiger charge is 2.34.